The number of benzene rings is 2. The molecule has 0 bridgehead atoms. The summed E-state index contributed by atoms with van der Waals surface area (Å²) >= 11 is 6.02. The van der Waals surface area contributed by atoms with Gasteiger partial charge in [-0.1, -0.05) is 48.0 Å². The van der Waals surface area contributed by atoms with Crippen LogP contribution < -0.4 is 4.90 Å². The van der Waals surface area contributed by atoms with Crippen molar-refractivity contribution < 1.29 is 9.53 Å². The molecule has 1 heterocycles. The molecule has 0 saturated heterocycles. The van der Waals surface area contributed by atoms with Crippen LogP contribution in [-0.4, -0.2) is 11.6 Å². The summed E-state index contributed by atoms with van der Waals surface area (Å²) in [6.45, 7) is 7.60. The lowest BCUT2D eigenvalue weighted by Crippen LogP contribution is -2.31. The Hall–Kier alpha value is -2.52. The lowest BCUT2D eigenvalue weighted by Gasteiger charge is -2.32. The molecule has 0 aromatic heterocycles. The van der Waals surface area contributed by atoms with E-state index in [-0.39, 0.29) is 11.9 Å². The highest BCUT2D eigenvalue weighted by molar-refractivity contribution is 6.30. The number of halogens is 1. The number of allylic oxidation sites excluding steroid dienone is 2. The van der Waals surface area contributed by atoms with Crippen LogP contribution in [0.4, 0.5) is 5.69 Å². The van der Waals surface area contributed by atoms with Gasteiger partial charge >= 0.3 is 5.97 Å². The third kappa shape index (κ3) is 4.42. The van der Waals surface area contributed by atoms with Gasteiger partial charge in [0.05, 0.1) is 5.57 Å². The summed E-state index contributed by atoms with van der Waals surface area (Å²) in [7, 11) is 0. The maximum Gasteiger partial charge on any atom is 0.337 e. The molecule has 2 aromatic carbocycles. The predicted molar refractivity (Wildman–Crippen MR) is 111 cm³/mol. The van der Waals surface area contributed by atoms with Crippen LogP contribution in [0, 0.1) is 0 Å². The Morgan fingerprint density at radius 2 is 1.67 bits per heavy atom. The fourth-order valence-corrected chi connectivity index (χ4v) is 3.29. The summed E-state index contributed by atoms with van der Waals surface area (Å²) in [6.07, 6.45) is 4.04. The number of ether oxygens (including phenoxy) is 1. The van der Waals surface area contributed by atoms with Gasteiger partial charge in [0.15, 0.2) is 0 Å². The van der Waals surface area contributed by atoms with E-state index in [4.69, 9.17) is 16.3 Å². The summed E-state index contributed by atoms with van der Waals surface area (Å²) in [5, 5.41) is 0.677. The highest BCUT2D eigenvalue weighted by Gasteiger charge is 2.32. The van der Waals surface area contributed by atoms with Gasteiger partial charge in [-0.3, -0.25) is 0 Å². The van der Waals surface area contributed by atoms with E-state index in [1.54, 1.807) is 0 Å². The van der Waals surface area contributed by atoms with Gasteiger partial charge in [0.25, 0.3) is 0 Å². The number of carbonyl (C=O) groups is 1. The van der Waals surface area contributed by atoms with Crippen molar-refractivity contribution in [2.45, 2.75) is 39.2 Å². The van der Waals surface area contributed by atoms with Gasteiger partial charge in [0, 0.05) is 28.5 Å². The second-order valence-electron chi connectivity index (χ2n) is 7.58. The smallest absolute Gasteiger partial charge is 0.337 e. The van der Waals surface area contributed by atoms with E-state index in [1.165, 1.54) is 0 Å². The van der Waals surface area contributed by atoms with Gasteiger partial charge in [-0.05, 0) is 57.5 Å². The van der Waals surface area contributed by atoms with Crippen molar-refractivity contribution in [3.05, 3.63) is 88.7 Å². The monoisotopic (exact) mass is 381 g/mol. The standard InChI is InChI=1S/C23H24ClNO2/c1-16-21(22(26)27-23(2,3)4)20(17-8-6-5-7-9-17)14-15-25(16)19-12-10-18(24)11-13-19/h5-15,20H,1-4H3. The summed E-state index contributed by atoms with van der Waals surface area (Å²) in [6, 6.07) is 17.6. The lowest BCUT2D eigenvalue weighted by molar-refractivity contribution is -0.150. The van der Waals surface area contributed by atoms with Crippen molar-refractivity contribution in [2.75, 3.05) is 4.90 Å². The fraction of sp³-hybridized carbons (Fsp3) is 0.261. The lowest BCUT2D eigenvalue weighted by atomic mass is 9.87. The number of hydrogen-bond donors (Lipinski definition) is 0. The van der Waals surface area contributed by atoms with E-state index in [9.17, 15) is 4.79 Å². The first-order valence-corrected chi connectivity index (χ1v) is 9.36. The molecule has 0 radical (unpaired) electrons. The summed E-state index contributed by atoms with van der Waals surface area (Å²) in [5.74, 6) is -0.443. The van der Waals surface area contributed by atoms with E-state index in [2.05, 4.69) is 0 Å². The molecule has 0 saturated carbocycles. The Morgan fingerprint density at radius 1 is 1.04 bits per heavy atom. The van der Waals surface area contributed by atoms with Crippen molar-refractivity contribution in [1.29, 1.82) is 0 Å². The van der Waals surface area contributed by atoms with Crippen molar-refractivity contribution in [3.63, 3.8) is 0 Å². The van der Waals surface area contributed by atoms with Crippen molar-refractivity contribution in [2.24, 2.45) is 0 Å². The Morgan fingerprint density at radius 3 is 2.26 bits per heavy atom. The quantitative estimate of drug-likeness (QED) is 0.604. The van der Waals surface area contributed by atoms with E-state index < -0.39 is 5.60 Å². The molecule has 0 N–H and O–H groups in total. The summed E-state index contributed by atoms with van der Waals surface area (Å²) in [5.41, 5.74) is 2.94. The van der Waals surface area contributed by atoms with Gasteiger partial charge in [0.1, 0.15) is 5.60 Å². The molecule has 0 amide bonds. The fourth-order valence-electron chi connectivity index (χ4n) is 3.16. The molecule has 1 aliphatic rings. The highest BCUT2D eigenvalue weighted by atomic mass is 35.5. The zero-order valence-corrected chi connectivity index (χ0v) is 16.8. The summed E-state index contributed by atoms with van der Waals surface area (Å²) < 4.78 is 5.72. The molecule has 1 aliphatic heterocycles. The average Bonchev–Trinajstić information content (AvgIpc) is 2.61. The number of hydrogen-bond acceptors (Lipinski definition) is 3. The number of nitrogens with zero attached hydrogens (tertiary/aromatic N) is 1. The zero-order chi connectivity index (χ0) is 19.6. The molecule has 0 aliphatic carbocycles. The molecule has 1 atom stereocenters. The van der Waals surface area contributed by atoms with Gasteiger partial charge < -0.3 is 9.64 Å². The van der Waals surface area contributed by atoms with Crippen LogP contribution in [0.3, 0.4) is 0 Å². The van der Waals surface area contributed by atoms with Crippen molar-refractivity contribution in [3.8, 4) is 0 Å². The third-order valence-electron chi connectivity index (χ3n) is 4.37. The molecule has 140 valence electrons. The van der Waals surface area contributed by atoms with Crippen LogP contribution in [0.2, 0.25) is 5.02 Å². The molecule has 0 spiro atoms. The van der Waals surface area contributed by atoms with Crippen LogP contribution in [0.25, 0.3) is 0 Å². The Balaban J connectivity index is 2.06. The predicted octanol–water partition coefficient (Wildman–Crippen LogP) is 6.07. The molecule has 27 heavy (non-hydrogen) atoms. The van der Waals surface area contributed by atoms with Gasteiger partial charge in [-0.25, -0.2) is 4.79 Å². The van der Waals surface area contributed by atoms with Gasteiger partial charge in [-0.2, -0.15) is 0 Å². The normalized spacial score (nSPS) is 17.2. The Kier molecular flexibility index (Phi) is 5.43. The van der Waals surface area contributed by atoms with Crippen LogP contribution >= 0.6 is 11.6 Å². The second-order valence-corrected chi connectivity index (χ2v) is 8.01. The zero-order valence-electron chi connectivity index (χ0n) is 16.1. The number of carbonyl (C=O) groups excluding carboxylic acids is 1. The maximum atomic E-state index is 13.1. The minimum Gasteiger partial charge on any atom is -0.457 e. The van der Waals surface area contributed by atoms with Gasteiger partial charge in [0.2, 0.25) is 0 Å². The third-order valence-corrected chi connectivity index (χ3v) is 4.62. The van der Waals surface area contributed by atoms with Crippen LogP contribution in [0.5, 0.6) is 0 Å². The van der Waals surface area contributed by atoms with E-state index in [0.717, 1.165) is 16.9 Å². The topological polar surface area (TPSA) is 29.5 Å². The molecule has 1 unspecified atom stereocenters. The number of rotatable bonds is 3. The molecule has 3 rings (SSSR count). The van der Waals surface area contributed by atoms with Crippen molar-refractivity contribution in [1.82, 2.24) is 0 Å². The average molecular weight is 382 g/mol. The van der Waals surface area contributed by atoms with E-state index >= 15 is 0 Å². The SMILES string of the molecule is CC1=C(C(=O)OC(C)(C)C)C(c2ccccc2)C=CN1c1ccc(Cl)cc1. The molecule has 4 heteroatoms. The molecule has 2 aromatic rings. The first-order valence-electron chi connectivity index (χ1n) is 8.98. The second kappa shape index (κ2) is 7.61. The Labute approximate surface area is 165 Å². The largest absolute Gasteiger partial charge is 0.457 e. The first kappa shape index (κ1) is 19.2. The maximum absolute atomic E-state index is 13.1. The molecule has 0 fully saturated rings. The summed E-state index contributed by atoms with van der Waals surface area (Å²) in [4.78, 5) is 15.1. The van der Waals surface area contributed by atoms with E-state index in [0.29, 0.717) is 10.6 Å². The van der Waals surface area contributed by atoms with Gasteiger partial charge in [-0.15, -0.1) is 0 Å². The van der Waals surface area contributed by atoms with Crippen LogP contribution in [-0.2, 0) is 9.53 Å². The number of anilines is 1. The molecular weight excluding hydrogens is 358 g/mol. The van der Waals surface area contributed by atoms with Crippen LogP contribution in [0.15, 0.2) is 78.1 Å². The van der Waals surface area contributed by atoms with Crippen molar-refractivity contribution >= 4 is 23.3 Å². The molecular formula is C23H24ClNO2. The highest BCUT2D eigenvalue weighted by Crippen LogP contribution is 2.37. The first-order chi connectivity index (χ1) is 12.8. The Bertz CT molecular complexity index is 877. The minimum atomic E-state index is -0.558. The number of esters is 1. The van der Waals surface area contributed by atoms with E-state index in [1.807, 2.05) is 99.5 Å². The molecule has 3 nitrogen and oxygen atoms in total. The minimum absolute atomic E-state index is 0.149. The van der Waals surface area contributed by atoms with Crippen LogP contribution in [0.1, 0.15) is 39.2 Å².